The van der Waals surface area contributed by atoms with Crippen molar-refractivity contribution in [3.8, 4) is 27.8 Å². The van der Waals surface area contributed by atoms with E-state index in [1.807, 2.05) is 35.4 Å². The second-order valence-corrected chi connectivity index (χ2v) is 13.1. The number of piperazine rings is 1. The second kappa shape index (κ2) is 14.2. The van der Waals surface area contributed by atoms with Gasteiger partial charge < -0.3 is 28.9 Å². The standard InChI is InChI=1S/C36H41N5O4S/c1-43-32-23-29-31(37-25-27-7-4-16-41(27)36(29)42)24-33(32)45-22-6-15-40-19-17-39(18-20-40)14-5-21-44-28-12-10-26(11-13-28)35-38-30-8-2-3-9-34(30)46-35/h2-3,8-13,23-25,27H,4-7,14-22H2,1H3/t27-/m0/s1. The molecule has 2 saturated heterocycles. The zero-order valence-corrected chi connectivity index (χ0v) is 27.2. The Kier molecular flexibility index (Phi) is 9.46. The number of thiazole rings is 1. The van der Waals surface area contributed by atoms with Crippen LogP contribution in [0, 0.1) is 0 Å². The molecule has 46 heavy (non-hydrogen) atoms. The first kappa shape index (κ1) is 30.7. The number of para-hydroxylation sites is 1. The van der Waals surface area contributed by atoms with Crippen LogP contribution >= 0.6 is 11.3 Å². The number of aliphatic imine (C=N–C) groups is 1. The van der Waals surface area contributed by atoms with Crippen LogP contribution in [-0.2, 0) is 0 Å². The average molecular weight is 640 g/mol. The molecule has 3 aliphatic heterocycles. The van der Waals surface area contributed by atoms with Gasteiger partial charge in [-0.3, -0.25) is 9.79 Å². The van der Waals surface area contributed by atoms with Gasteiger partial charge in [0.25, 0.3) is 5.91 Å². The minimum atomic E-state index is 0.0262. The van der Waals surface area contributed by atoms with Crippen molar-refractivity contribution in [1.82, 2.24) is 19.7 Å². The monoisotopic (exact) mass is 639 g/mol. The number of nitrogens with zero attached hydrogens (tertiary/aromatic N) is 5. The Balaban J connectivity index is 0.799. The van der Waals surface area contributed by atoms with E-state index in [2.05, 4.69) is 45.1 Å². The van der Waals surface area contributed by atoms with Crippen molar-refractivity contribution in [2.24, 2.45) is 4.99 Å². The van der Waals surface area contributed by atoms with Gasteiger partial charge in [0.15, 0.2) is 11.5 Å². The van der Waals surface area contributed by atoms with Crippen LogP contribution in [0.1, 0.15) is 36.0 Å². The number of rotatable bonds is 12. The summed E-state index contributed by atoms with van der Waals surface area (Å²) in [6.07, 6.45) is 5.82. The molecule has 1 atom stereocenters. The van der Waals surface area contributed by atoms with Crippen LogP contribution in [0.5, 0.6) is 17.2 Å². The van der Waals surface area contributed by atoms with Crippen LogP contribution in [0.2, 0.25) is 0 Å². The summed E-state index contributed by atoms with van der Waals surface area (Å²) < 4.78 is 19.0. The predicted molar refractivity (Wildman–Crippen MR) is 183 cm³/mol. The molecule has 10 heteroatoms. The molecule has 240 valence electrons. The molecule has 0 N–H and O–H groups in total. The van der Waals surface area contributed by atoms with E-state index in [-0.39, 0.29) is 11.9 Å². The van der Waals surface area contributed by atoms with E-state index >= 15 is 0 Å². The van der Waals surface area contributed by atoms with Gasteiger partial charge in [-0.15, -0.1) is 11.3 Å². The lowest BCUT2D eigenvalue weighted by Gasteiger charge is -2.34. The number of methoxy groups -OCH3 is 1. The van der Waals surface area contributed by atoms with Gasteiger partial charge in [-0.25, -0.2) is 4.98 Å². The lowest BCUT2D eigenvalue weighted by atomic mass is 10.1. The van der Waals surface area contributed by atoms with Crippen LogP contribution in [0.4, 0.5) is 5.69 Å². The molecular weight excluding hydrogens is 598 g/mol. The average Bonchev–Trinajstić information content (AvgIpc) is 3.73. The molecule has 1 aromatic heterocycles. The molecule has 7 rings (SSSR count). The zero-order chi connectivity index (χ0) is 31.3. The Morgan fingerprint density at radius 2 is 1.61 bits per heavy atom. The molecule has 0 spiro atoms. The van der Waals surface area contributed by atoms with Gasteiger partial charge in [-0.2, -0.15) is 0 Å². The number of ether oxygens (including phenoxy) is 3. The van der Waals surface area contributed by atoms with E-state index in [1.54, 1.807) is 24.5 Å². The molecule has 4 heterocycles. The van der Waals surface area contributed by atoms with Gasteiger partial charge in [-0.1, -0.05) is 12.1 Å². The normalized spacial score (nSPS) is 18.4. The van der Waals surface area contributed by atoms with Crippen molar-refractivity contribution < 1.29 is 19.0 Å². The Labute approximate surface area is 274 Å². The highest BCUT2D eigenvalue weighted by Crippen LogP contribution is 2.38. The summed E-state index contributed by atoms with van der Waals surface area (Å²) in [5.41, 5.74) is 3.42. The smallest absolute Gasteiger partial charge is 0.256 e. The largest absolute Gasteiger partial charge is 0.494 e. The van der Waals surface area contributed by atoms with Crippen LogP contribution in [0.15, 0.2) is 65.7 Å². The summed E-state index contributed by atoms with van der Waals surface area (Å²) in [4.78, 5) is 29.4. The number of amides is 1. The molecule has 1 amide bonds. The summed E-state index contributed by atoms with van der Waals surface area (Å²) in [7, 11) is 1.62. The number of benzene rings is 3. The maximum absolute atomic E-state index is 13.1. The van der Waals surface area contributed by atoms with Gasteiger partial charge in [0.1, 0.15) is 10.8 Å². The fraction of sp³-hybridized carbons (Fsp3) is 0.417. The summed E-state index contributed by atoms with van der Waals surface area (Å²) in [6.45, 7) is 8.37. The van der Waals surface area contributed by atoms with E-state index in [9.17, 15) is 4.79 Å². The minimum absolute atomic E-state index is 0.0262. The van der Waals surface area contributed by atoms with E-state index in [1.165, 1.54) is 4.70 Å². The third-order valence-corrected chi connectivity index (χ3v) is 10.2. The number of hydrogen-bond donors (Lipinski definition) is 0. The third-order valence-electron chi connectivity index (χ3n) is 9.08. The number of hydrogen-bond acceptors (Lipinski definition) is 9. The zero-order valence-electron chi connectivity index (χ0n) is 26.4. The molecule has 0 unspecified atom stereocenters. The molecule has 3 aliphatic rings. The molecule has 9 nitrogen and oxygen atoms in total. The highest BCUT2D eigenvalue weighted by Gasteiger charge is 2.32. The maximum atomic E-state index is 13.1. The first-order chi connectivity index (χ1) is 22.6. The lowest BCUT2D eigenvalue weighted by Crippen LogP contribution is -2.47. The lowest BCUT2D eigenvalue weighted by molar-refractivity contribution is 0.0774. The molecule has 3 aromatic carbocycles. The van der Waals surface area contributed by atoms with Crippen molar-refractivity contribution in [3.63, 3.8) is 0 Å². The fourth-order valence-corrected chi connectivity index (χ4v) is 7.47. The SMILES string of the molecule is COc1cc2c(cc1OCCCN1CCN(CCCOc3ccc(-c4nc5ccccc5s4)cc3)CC1)N=C[C@@H]1CCCN1C2=O. The quantitative estimate of drug-likeness (QED) is 0.172. The highest BCUT2D eigenvalue weighted by molar-refractivity contribution is 7.21. The number of aromatic nitrogens is 1. The van der Waals surface area contributed by atoms with E-state index in [0.717, 1.165) is 93.3 Å². The van der Waals surface area contributed by atoms with Gasteiger partial charge in [0.05, 0.1) is 47.8 Å². The maximum Gasteiger partial charge on any atom is 0.256 e. The molecule has 2 fully saturated rings. The summed E-state index contributed by atoms with van der Waals surface area (Å²) >= 11 is 1.72. The van der Waals surface area contributed by atoms with E-state index in [0.29, 0.717) is 36.0 Å². The number of carbonyl (C=O) groups is 1. The third kappa shape index (κ3) is 6.89. The van der Waals surface area contributed by atoms with Crippen molar-refractivity contribution in [2.45, 2.75) is 31.7 Å². The van der Waals surface area contributed by atoms with Gasteiger partial charge in [-0.05, 0) is 68.1 Å². The predicted octanol–water partition coefficient (Wildman–Crippen LogP) is 6.15. The molecule has 0 radical (unpaired) electrons. The van der Waals surface area contributed by atoms with E-state index < -0.39 is 0 Å². The van der Waals surface area contributed by atoms with Gasteiger partial charge >= 0.3 is 0 Å². The number of carbonyl (C=O) groups excluding carboxylic acids is 1. The van der Waals surface area contributed by atoms with Crippen molar-refractivity contribution in [3.05, 3.63) is 66.2 Å². The topological polar surface area (TPSA) is 79.7 Å². The van der Waals surface area contributed by atoms with Crippen LogP contribution in [0.3, 0.4) is 0 Å². The molecule has 0 saturated carbocycles. The van der Waals surface area contributed by atoms with Gasteiger partial charge in [0.2, 0.25) is 0 Å². The minimum Gasteiger partial charge on any atom is -0.494 e. The Morgan fingerprint density at radius 3 is 2.35 bits per heavy atom. The first-order valence-corrected chi connectivity index (χ1v) is 17.2. The fourth-order valence-electron chi connectivity index (χ4n) is 6.49. The van der Waals surface area contributed by atoms with Crippen LogP contribution in [-0.4, -0.2) is 104 Å². The van der Waals surface area contributed by atoms with Crippen LogP contribution in [0.25, 0.3) is 20.8 Å². The highest BCUT2D eigenvalue weighted by atomic mass is 32.1. The summed E-state index contributed by atoms with van der Waals surface area (Å²) in [6, 6.07) is 20.3. The van der Waals surface area contributed by atoms with Crippen molar-refractivity contribution in [2.75, 3.05) is 66.1 Å². The second-order valence-electron chi connectivity index (χ2n) is 12.1. The molecule has 4 aromatic rings. The Hall–Kier alpha value is -3.99. The van der Waals surface area contributed by atoms with Crippen molar-refractivity contribution in [1.29, 1.82) is 0 Å². The molecule has 0 bridgehead atoms. The summed E-state index contributed by atoms with van der Waals surface area (Å²) in [5.74, 6) is 2.16. The van der Waals surface area contributed by atoms with Gasteiger partial charge in [0, 0.05) is 63.7 Å². The van der Waals surface area contributed by atoms with Crippen LogP contribution < -0.4 is 14.2 Å². The number of fused-ring (bicyclic) bond motifs is 3. The molecular formula is C36H41N5O4S. The van der Waals surface area contributed by atoms with E-state index in [4.69, 9.17) is 19.2 Å². The Bertz CT molecular complexity index is 1650. The van der Waals surface area contributed by atoms with Crippen molar-refractivity contribution >= 4 is 39.4 Å². The Morgan fingerprint density at radius 1 is 0.870 bits per heavy atom. The molecule has 0 aliphatic carbocycles. The first-order valence-electron chi connectivity index (χ1n) is 16.4. The summed E-state index contributed by atoms with van der Waals surface area (Å²) in [5, 5.41) is 1.04.